The zero-order chi connectivity index (χ0) is 28.4. The van der Waals surface area contributed by atoms with Crippen molar-refractivity contribution in [2.45, 2.75) is 25.4 Å². The highest BCUT2D eigenvalue weighted by Gasteiger charge is 2.35. The Morgan fingerprint density at radius 2 is 1.38 bits per heavy atom. The molecule has 0 bridgehead atoms. The summed E-state index contributed by atoms with van der Waals surface area (Å²) in [6.07, 6.45) is -4.54. The van der Waals surface area contributed by atoms with Gasteiger partial charge in [0.1, 0.15) is 0 Å². The molecule has 1 aromatic heterocycles. The average Bonchev–Trinajstić information content (AvgIpc) is 3.33. The van der Waals surface area contributed by atoms with Gasteiger partial charge in [-0.25, -0.2) is 0 Å². The Bertz CT molecular complexity index is 1440. The van der Waals surface area contributed by atoms with E-state index >= 15 is 0 Å². The van der Waals surface area contributed by atoms with Crippen molar-refractivity contribution >= 4 is 17.5 Å². The average molecular weight is 554 g/mol. The minimum absolute atomic E-state index is 0.0274. The fourth-order valence-corrected chi connectivity index (χ4v) is 4.60. The minimum Gasteiger partial charge on any atom is -0.354 e. The molecule has 204 valence electrons. The number of nitrogens with one attached hydrogen (secondary N) is 1. The summed E-state index contributed by atoms with van der Waals surface area (Å²) >= 11 is 6.07. The number of likely N-dealkylation sites (N-methyl/N-ethyl adjacent to an activating group) is 1. The molecule has 0 saturated carbocycles. The molecule has 0 unspecified atom stereocenters. The molecule has 0 aliphatic rings. The molecule has 0 aliphatic carbocycles. The normalized spacial score (nSPS) is 12.1. The topological polar surface area (TPSA) is 37.3 Å². The summed E-state index contributed by atoms with van der Waals surface area (Å²) < 4.78 is 43.9. The van der Waals surface area contributed by atoms with E-state index in [0.29, 0.717) is 23.0 Å². The summed E-state index contributed by atoms with van der Waals surface area (Å²) in [6.45, 7) is 4.97. The molecule has 4 aromatic rings. The van der Waals surface area contributed by atoms with E-state index in [1.807, 2.05) is 69.2 Å². The Labute approximate surface area is 232 Å². The molecule has 4 nitrogen and oxygen atoms in total. The highest BCUT2D eigenvalue weighted by Crippen LogP contribution is 2.39. The molecule has 1 heterocycles. The van der Waals surface area contributed by atoms with E-state index in [2.05, 4.69) is 5.32 Å². The van der Waals surface area contributed by atoms with Gasteiger partial charge in [-0.05, 0) is 81.0 Å². The molecule has 0 saturated heterocycles. The van der Waals surface area contributed by atoms with Crippen molar-refractivity contribution in [1.29, 1.82) is 0 Å². The maximum Gasteiger partial charge on any atom is 0.418 e. The Morgan fingerprint density at radius 3 is 1.92 bits per heavy atom. The van der Waals surface area contributed by atoms with Gasteiger partial charge < -0.3 is 14.8 Å². The number of halogens is 4. The molecule has 0 radical (unpaired) electrons. The third-order valence-electron chi connectivity index (χ3n) is 6.79. The fourth-order valence-electron chi connectivity index (χ4n) is 4.48. The van der Waals surface area contributed by atoms with E-state index in [1.165, 1.54) is 12.1 Å². The quantitative estimate of drug-likeness (QED) is 0.246. The molecule has 8 heteroatoms. The molecular weight excluding hydrogens is 523 g/mol. The van der Waals surface area contributed by atoms with Crippen LogP contribution in [0.3, 0.4) is 0 Å². The molecule has 0 fully saturated rings. The maximum absolute atomic E-state index is 14.1. The van der Waals surface area contributed by atoms with Gasteiger partial charge >= 0.3 is 6.18 Å². The maximum atomic E-state index is 14.1. The molecule has 0 aliphatic heterocycles. The fraction of sp³-hybridized carbons (Fsp3) is 0.258. The Kier molecular flexibility index (Phi) is 8.23. The van der Waals surface area contributed by atoms with Crippen molar-refractivity contribution in [3.63, 3.8) is 0 Å². The number of hydrogen-bond acceptors (Lipinski definition) is 2. The zero-order valence-corrected chi connectivity index (χ0v) is 23.1. The SMILES string of the molecule is CN(C)CCNC(=O)C(C)(C)c1ccc(-c2ccc(-c3ccc(Cl)cc3)n2-c2ccccc2C(F)(F)F)cc1. The molecule has 3 aromatic carbocycles. The van der Waals surface area contributed by atoms with E-state index in [-0.39, 0.29) is 11.6 Å². The molecular formula is C31H31ClF3N3O. The first kappa shape index (κ1) is 28.5. The van der Waals surface area contributed by atoms with Crippen molar-refractivity contribution in [2.24, 2.45) is 0 Å². The number of amides is 1. The van der Waals surface area contributed by atoms with Crippen molar-refractivity contribution in [2.75, 3.05) is 27.2 Å². The lowest BCUT2D eigenvalue weighted by atomic mass is 9.83. The van der Waals surface area contributed by atoms with Crippen molar-refractivity contribution < 1.29 is 18.0 Å². The standard InChI is InChI=1S/C31H31ClF3N3O/c1-30(2,29(39)36-19-20-37(3)4)23-13-9-21(10-14-23)26-17-18-27(22-11-15-24(32)16-12-22)38(26)28-8-6-5-7-25(28)31(33,34)35/h5-18H,19-20H2,1-4H3,(H,36,39). The van der Waals surface area contributed by atoms with Crippen LogP contribution in [0.4, 0.5) is 13.2 Å². The first-order valence-corrected chi connectivity index (χ1v) is 13.0. The predicted molar refractivity (Wildman–Crippen MR) is 151 cm³/mol. The lowest BCUT2D eigenvalue weighted by molar-refractivity contribution is -0.137. The lowest BCUT2D eigenvalue weighted by Gasteiger charge is -2.25. The molecule has 0 atom stereocenters. The number of carbonyl (C=O) groups is 1. The number of aromatic nitrogens is 1. The van der Waals surface area contributed by atoms with Gasteiger partial charge in [-0.15, -0.1) is 0 Å². The molecule has 1 amide bonds. The van der Waals surface area contributed by atoms with Crippen LogP contribution in [0, 0.1) is 0 Å². The second kappa shape index (κ2) is 11.3. The molecule has 0 spiro atoms. The Balaban J connectivity index is 1.78. The summed E-state index contributed by atoms with van der Waals surface area (Å²) in [6, 6.07) is 23.6. The Hall–Kier alpha value is -3.55. The highest BCUT2D eigenvalue weighted by atomic mass is 35.5. The third kappa shape index (κ3) is 6.21. The van der Waals surface area contributed by atoms with Crippen LogP contribution in [0.2, 0.25) is 5.02 Å². The van der Waals surface area contributed by atoms with Crippen LogP contribution in [0.1, 0.15) is 25.0 Å². The van der Waals surface area contributed by atoms with Gasteiger partial charge in [-0.3, -0.25) is 4.79 Å². The number of carbonyl (C=O) groups excluding carboxylic acids is 1. The second-order valence-electron chi connectivity index (χ2n) is 10.2. The number of nitrogens with zero attached hydrogens (tertiary/aromatic N) is 2. The number of hydrogen-bond donors (Lipinski definition) is 1. The highest BCUT2D eigenvalue weighted by molar-refractivity contribution is 6.30. The zero-order valence-electron chi connectivity index (χ0n) is 22.3. The lowest BCUT2D eigenvalue weighted by Crippen LogP contribution is -2.42. The van der Waals surface area contributed by atoms with Crippen LogP contribution in [-0.2, 0) is 16.4 Å². The van der Waals surface area contributed by atoms with E-state index in [4.69, 9.17) is 11.6 Å². The number of para-hydroxylation sites is 1. The largest absolute Gasteiger partial charge is 0.418 e. The van der Waals surface area contributed by atoms with Crippen molar-refractivity contribution in [1.82, 2.24) is 14.8 Å². The van der Waals surface area contributed by atoms with Crippen LogP contribution in [0.25, 0.3) is 28.2 Å². The molecule has 1 N–H and O–H groups in total. The number of rotatable bonds is 8. The van der Waals surface area contributed by atoms with Crippen LogP contribution >= 0.6 is 11.6 Å². The van der Waals surface area contributed by atoms with E-state index in [1.54, 1.807) is 34.9 Å². The third-order valence-corrected chi connectivity index (χ3v) is 7.04. The van der Waals surface area contributed by atoms with Gasteiger partial charge in [-0.1, -0.05) is 60.1 Å². The summed E-state index contributed by atoms with van der Waals surface area (Å²) in [5.74, 6) is -0.0930. The van der Waals surface area contributed by atoms with Crippen LogP contribution in [0.15, 0.2) is 84.9 Å². The van der Waals surface area contributed by atoms with Gasteiger partial charge in [0, 0.05) is 18.1 Å². The summed E-state index contributed by atoms with van der Waals surface area (Å²) in [7, 11) is 3.88. The van der Waals surface area contributed by atoms with Gasteiger partial charge in [0.15, 0.2) is 0 Å². The van der Waals surface area contributed by atoms with E-state index in [0.717, 1.165) is 29.3 Å². The van der Waals surface area contributed by atoms with Gasteiger partial charge in [-0.2, -0.15) is 13.2 Å². The van der Waals surface area contributed by atoms with Crippen molar-refractivity contribution in [3.8, 4) is 28.2 Å². The van der Waals surface area contributed by atoms with Crippen LogP contribution in [-0.4, -0.2) is 42.6 Å². The van der Waals surface area contributed by atoms with Gasteiger partial charge in [0.2, 0.25) is 5.91 Å². The molecule has 4 rings (SSSR count). The predicted octanol–water partition coefficient (Wildman–Crippen LogP) is 7.44. The Morgan fingerprint density at radius 1 is 0.846 bits per heavy atom. The number of alkyl halides is 3. The smallest absolute Gasteiger partial charge is 0.354 e. The molecule has 39 heavy (non-hydrogen) atoms. The van der Waals surface area contributed by atoms with Crippen LogP contribution < -0.4 is 5.32 Å². The summed E-state index contributed by atoms with van der Waals surface area (Å²) in [5, 5.41) is 3.51. The monoisotopic (exact) mass is 553 g/mol. The second-order valence-corrected chi connectivity index (χ2v) is 10.7. The first-order valence-electron chi connectivity index (χ1n) is 12.6. The van der Waals surface area contributed by atoms with E-state index < -0.39 is 17.2 Å². The first-order chi connectivity index (χ1) is 18.4. The van der Waals surface area contributed by atoms with Gasteiger partial charge in [0.05, 0.1) is 28.1 Å². The minimum atomic E-state index is -4.54. The summed E-state index contributed by atoms with van der Waals surface area (Å²) in [4.78, 5) is 14.9. The summed E-state index contributed by atoms with van der Waals surface area (Å²) in [5.41, 5.74) is 1.96. The number of benzene rings is 3. The van der Waals surface area contributed by atoms with Crippen molar-refractivity contribution in [3.05, 3.63) is 101 Å². The van der Waals surface area contributed by atoms with Gasteiger partial charge in [0.25, 0.3) is 0 Å². The van der Waals surface area contributed by atoms with E-state index in [9.17, 15) is 18.0 Å². The van der Waals surface area contributed by atoms with Crippen LogP contribution in [0.5, 0.6) is 0 Å².